The van der Waals surface area contributed by atoms with Crippen LogP contribution < -0.4 is 19.6 Å². The number of hydrogen-bond donors (Lipinski definition) is 0. The number of fused-ring (bicyclic) bond motifs is 1. The van der Waals surface area contributed by atoms with Gasteiger partial charge in [0.1, 0.15) is 17.3 Å². The maximum Gasteiger partial charge on any atom is 0.338 e. The quantitative estimate of drug-likeness (QED) is 0.292. The van der Waals surface area contributed by atoms with E-state index in [1.807, 2.05) is 12.1 Å². The molecule has 10 heteroatoms. The van der Waals surface area contributed by atoms with Gasteiger partial charge >= 0.3 is 5.97 Å². The van der Waals surface area contributed by atoms with Crippen molar-refractivity contribution in [1.29, 1.82) is 0 Å². The van der Waals surface area contributed by atoms with E-state index in [1.54, 1.807) is 69.5 Å². The molecule has 0 radical (unpaired) electrons. The molecule has 2 aromatic carbocycles. The molecular weight excluding hydrogens is 547 g/mol. The highest BCUT2D eigenvalue weighted by Gasteiger charge is 2.33. The number of carbonyl (C=O) groups is 1. The largest absolute Gasteiger partial charge is 0.497 e. The molecule has 0 aliphatic carbocycles. The van der Waals surface area contributed by atoms with Gasteiger partial charge in [0.05, 0.1) is 45.6 Å². The van der Waals surface area contributed by atoms with Crippen molar-refractivity contribution in [3.05, 3.63) is 107 Å². The van der Waals surface area contributed by atoms with Crippen LogP contribution in [-0.2, 0) is 9.53 Å². The molecule has 7 nitrogen and oxygen atoms in total. The van der Waals surface area contributed by atoms with Gasteiger partial charge in [-0.1, -0.05) is 46.7 Å². The fraction of sp³-hybridized carbons (Fsp3) is 0.179. The van der Waals surface area contributed by atoms with Crippen LogP contribution in [0.2, 0.25) is 10.0 Å². The molecule has 0 bridgehead atoms. The maximum absolute atomic E-state index is 13.7. The topological polar surface area (TPSA) is 83.0 Å². The highest BCUT2D eigenvalue weighted by molar-refractivity contribution is 7.07. The van der Waals surface area contributed by atoms with Crippen molar-refractivity contribution in [2.75, 3.05) is 13.7 Å². The van der Waals surface area contributed by atoms with E-state index in [-0.39, 0.29) is 12.2 Å². The van der Waals surface area contributed by atoms with Gasteiger partial charge in [0, 0.05) is 11.6 Å². The maximum atomic E-state index is 13.7. The molecule has 1 aliphatic rings. The fourth-order valence-electron chi connectivity index (χ4n) is 4.26. The Hall–Kier alpha value is -3.59. The summed E-state index contributed by atoms with van der Waals surface area (Å²) in [6, 6.07) is 15.3. The van der Waals surface area contributed by atoms with E-state index < -0.39 is 12.0 Å². The molecule has 0 amide bonds. The average Bonchev–Trinajstić information content (AvgIpc) is 3.49. The van der Waals surface area contributed by atoms with Gasteiger partial charge in [-0.2, -0.15) is 0 Å². The van der Waals surface area contributed by atoms with E-state index >= 15 is 0 Å². The number of esters is 1. The first-order chi connectivity index (χ1) is 18.3. The standard InChI is InChI=1S/C28H22Cl2N2O5S/c1-4-36-27(34)24-15(2)31-28-32(25(24)16-5-8-18(35-3)9-6-16)26(33)23(38-28)14-19-10-12-22(37-19)17-7-11-20(29)21(30)13-17/h5-14,25H,4H2,1-3H3/b23-14+. The number of halogens is 2. The van der Waals surface area contributed by atoms with Crippen LogP contribution in [0.5, 0.6) is 5.75 Å². The Morgan fingerprint density at radius 2 is 1.89 bits per heavy atom. The van der Waals surface area contributed by atoms with Crippen LogP contribution in [0, 0.1) is 0 Å². The van der Waals surface area contributed by atoms with Crippen LogP contribution in [0.3, 0.4) is 0 Å². The molecule has 194 valence electrons. The summed E-state index contributed by atoms with van der Waals surface area (Å²) in [4.78, 5) is 31.8. The monoisotopic (exact) mass is 568 g/mol. The number of hydrogen-bond acceptors (Lipinski definition) is 7. The molecule has 1 aliphatic heterocycles. The molecule has 0 saturated carbocycles. The van der Waals surface area contributed by atoms with Crippen LogP contribution >= 0.6 is 34.5 Å². The van der Waals surface area contributed by atoms with Gasteiger partial charge in [0.25, 0.3) is 5.56 Å². The Balaban J connectivity index is 1.62. The first-order valence-corrected chi connectivity index (χ1v) is 13.3. The second-order valence-electron chi connectivity index (χ2n) is 8.41. The molecule has 4 aromatic rings. The van der Waals surface area contributed by atoms with Crippen LogP contribution in [0.1, 0.15) is 31.2 Å². The summed E-state index contributed by atoms with van der Waals surface area (Å²) in [7, 11) is 1.58. The van der Waals surface area contributed by atoms with Crippen molar-refractivity contribution in [2.24, 2.45) is 4.99 Å². The number of rotatable bonds is 6. The Morgan fingerprint density at radius 1 is 1.13 bits per heavy atom. The van der Waals surface area contributed by atoms with Crippen molar-refractivity contribution < 1.29 is 18.7 Å². The highest BCUT2D eigenvalue weighted by atomic mass is 35.5. The van der Waals surface area contributed by atoms with Crippen LogP contribution in [0.4, 0.5) is 0 Å². The van der Waals surface area contributed by atoms with Crippen LogP contribution in [-0.4, -0.2) is 24.3 Å². The number of thiazole rings is 1. The van der Waals surface area contributed by atoms with Crippen molar-refractivity contribution in [2.45, 2.75) is 19.9 Å². The molecule has 3 heterocycles. The van der Waals surface area contributed by atoms with Crippen molar-refractivity contribution in [3.63, 3.8) is 0 Å². The Bertz CT molecular complexity index is 1750. The van der Waals surface area contributed by atoms with Gasteiger partial charge in [-0.05, 0) is 61.9 Å². The number of carbonyl (C=O) groups excluding carboxylic acids is 1. The normalized spacial score (nSPS) is 15.3. The summed E-state index contributed by atoms with van der Waals surface area (Å²) >= 11 is 13.4. The molecular formula is C28H22Cl2N2O5S. The molecule has 2 aromatic heterocycles. The molecule has 1 unspecified atom stereocenters. The average molecular weight is 569 g/mol. The Labute approximate surface area is 231 Å². The minimum atomic E-state index is -0.707. The summed E-state index contributed by atoms with van der Waals surface area (Å²) in [6.07, 6.45) is 1.67. The first kappa shape index (κ1) is 26.0. The molecule has 0 fully saturated rings. The van der Waals surface area contributed by atoms with Gasteiger partial charge in [0.2, 0.25) is 0 Å². The van der Waals surface area contributed by atoms with Crippen molar-refractivity contribution in [1.82, 2.24) is 4.57 Å². The van der Waals surface area contributed by atoms with E-state index in [0.29, 0.717) is 47.9 Å². The zero-order valence-corrected chi connectivity index (χ0v) is 23.0. The molecule has 38 heavy (non-hydrogen) atoms. The third-order valence-corrected chi connectivity index (χ3v) is 7.77. The van der Waals surface area contributed by atoms with Crippen LogP contribution in [0.25, 0.3) is 17.4 Å². The number of aromatic nitrogens is 1. The fourth-order valence-corrected chi connectivity index (χ4v) is 5.58. The predicted octanol–water partition coefficient (Wildman–Crippen LogP) is 5.37. The molecule has 0 saturated heterocycles. The van der Waals surface area contributed by atoms with E-state index in [9.17, 15) is 9.59 Å². The third-order valence-electron chi connectivity index (χ3n) is 6.05. The lowest BCUT2D eigenvalue weighted by atomic mass is 9.96. The van der Waals surface area contributed by atoms with Gasteiger partial charge in [0.15, 0.2) is 4.80 Å². The summed E-state index contributed by atoms with van der Waals surface area (Å²) in [5.74, 6) is 1.22. The molecule has 0 spiro atoms. The van der Waals surface area contributed by atoms with Gasteiger partial charge in [-0.15, -0.1) is 0 Å². The second kappa shape index (κ2) is 10.6. The number of methoxy groups -OCH3 is 1. The number of nitrogens with zero attached hydrogens (tertiary/aromatic N) is 2. The minimum absolute atomic E-state index is 0.203. The van der Waals surface area contributed by atoms with E-state index in [0.717, 1.165) is 11.1 Å². The minimum Gasteiger partial charge on any atom is -0.497 e. The highest BCUT2D eigenvalue weighted by Crippen LogP contribution is 2.32. The lowest BCUT2D eigenvalue weighted by Crippen LogP contribution is -2.39. The van der Waals surface area contributed by atoms with Crippen molar-refractivity contribution >= 4 is 46.6 Å². The Morgan fingerprint density at radius 3 is 2.58 bits per heavy atom. The smallest absolute Gasteiger partial charge is 0.338 e. The summed E-state index contributed by atoms with van der Waals surface area (Å²) in [5.41, 5.74) is 2.01. The summed E-state index contributed by atoms with van der Waals surface area (Å²) < 4.78 is 18.5. The van der Waals surface area contributed by atoms with Crippen molar-refractivity contribution in [3.8, 4) is 17.1 Å². The Kier molecular flexibility index (Phi) is 7.29. The zero-order valence-electron chi connectivity index (χ0n) is 20.7. The zero-order chi connectivity index (χ0) is 27.0. The summed E-state index contributed by atoms with van der Waals surface area (Å²) in [5, 5.41) is 0.869. The lowest BCUT2D eigenvalue weighted by Gasteiger charge is -2.24. The third kappa shape index (κ3) is 4.82. The molecule has 0 N–H and O–H groups in total. The van der Waals surface area contributed by atoms with E-state index in [4.69, 9.17) is 37.1 Å². The SMILES string of the molecule is CCOC(=O)C1=C(C)N=c2s/c(=C/c3ccc(-c4ccc(Cl)c(Cl)c4)o3)c(=O)n2C1c1ccc(OC)cc1. The molecule has 1 atom stereocenters. The number of benzene rings is 2. The second-order valence-corrected chi connectivity index (χ2v) is 10.2. The van der Waals surface area contributed by atoms with Crippen LogP contribution in [0.15, 0.2) is 80.1 Å². The number of allylic oxidation sites excluding steroid dienone is 1. The predicted molar refractivity (Wildman–Crippen MR) is 148 cm³/mol. The van der Waals surface area contributed by atoms with Gasteiger partial charge in [-0.25, -0.2) is 9.79 Å². The first-order valence-electron chi connectivity index (χ1n) is 11.7. The van der Waals surface area contributed by atoms with E-state index in [1.165, 1.54) is 15.9 Å². The number of ether oxygens (including phenoxy) is 2. The number of furan rings is 1. The van der Waals surface area contributed by atoms with E-state index in [2.05, 4.69) is 4.99 Å². The lowest BCUT2D eigenvalue weighted by molar-refractivity contribution is -0.139. The van der Waals surface area contributed by atoms with Gasteiger partial charge < -0.3 is 13.9 Å². The molecule has 5 rings (SSSR count). The van der Waals surface area contributed by atoms with Gasteiger partial charge in [-0.3, -0.25) is 9.36 Å². The summed E-state index contributed by atoms with van der Waals surface area (Å²) in [6.45, 7) is 3.69.